The predicted octanol–water partition coefficient (Wildman–Crippen LogP) is 10.6. The average molecular weight is 589 g/mol. The maximum Gasteiger partial charge on any atom is 0.343 e. The molecule has 0 N–H and O–H groups in total. The van der Waals surface area contributed by atoms with Crippen LogP contribution in [-0.2, 0) is 9.53 Å². The lowest BCUT2D eigenvalue weighted by Crippen LogP contribution is -2.14. The molecule has 0 unspecified atom stereocenters. The Hall–Kier alpha value is -3.34. The Balaban J connectivity index is 1.40. The highest BCUT2D eigenvalue weighted by Gasteiger charge is 2.17. The van der Waals surface area contributed by atoms with Gasteiger partial charge in [-0.25, -0.2) is 4.79 Å². The van der Waals surface area contributed by atoms with Crippen molar-refractivity contribution in [3.8, 4) is 11.5 Å². The lowest BCUT2D eigenvalue weighted by molar-refractivity contribution is -0.145. The van der Waals surface area contributed by atoms with Crippen LogP contribution < -0.4 is 9.47 Å². The molecule has 0 bridgehead atoms. The third kappa shape index (κ3) is 12.4. The minimum absolute atomic E-state index is 0.198. The molecule has 1 atom stereocenters. The Bertz CT molecular complexity index is 1230. The molecule has 5 nitrogen and oxygen atoms in total. The van der Waals surface area contributed by atoms with Crippen molar-refractivity contribution in [1.29, 1.82) is 0 Å². The van der Waals surface area contributed by atoms with E-state index in [1.807, 2.05) is 49.4 Å². The predicted molar refractivity (Wildman–Crippen MR) is 176 cm³/mol. The zero-order chi connectivity index (χ0) is 30.7. The minimum Gasteiger partial charge on any atom is -0.494 e. The van der Waals surface area contributed by atoms with E-state index in [2.05, 4.69) is 13.8 Å². The van der Waals surface area contributed by atoms with Gasteiger partial charge in [0.05, 0.1) is 24.7 Å². The maximum absolute atomic E-state index is 12.8. The normalized spacial score (nSPS) is 11.8. The number of unbranched alkanes of at least 4 members (excludes halogenated alkanes) is 12. The molecular formula is C38H52O5. The largest absolute Gasteiger partial charge is 0.494 e. The fourth-order valence-corrected chi connectivity index (χ4v) is 5.17. The summed E-state index contributed by atoms with van der Waals surface area (Å²) in [5.41, 5.74) is 1.38. The third-order valence-corrected chi connectivity index (χ3v) is 8.00. The van der Waals surface area contributed by atoms with E-state index in [1.54, 1.807) is 18.2 Å². The van der Waals surface area contributed by atoms with Gasteiger partial charge in [0.2, 0.25) is 0 Å². The van der Waals surface area contributed by atoms with Crippen LogP contribution in [0.15, 0.2) is 60.7 Å². The lowest BCUT2D eigenvalue weighted by atomic mass is 9.98. The molecule has 43 heavy (non-hydrogen) atoms. The summed E-state index contributed by atoms with van der Waals surface area (Å²) in [6.07, 6.45) is 17.3. The zero-order valence-corrected chi connectivity index (χ0v) is 26.7. The van der Waals surface area contributed by atoms with Gasteiger partial charge in [-0.05, 0) is 72.5 Å². The van der Waals surface area contributed by atoms with Gasteiger partial charge in [-0.15, -0.1) is 0 Å². The Morgan fingerprint density at radius 3 is 1.81 bits per heavy atom. The molecule has 0 saturated heterocycles. The molecule has 3 aromatic rings. The summed E-state index contributed by atoms with van der Waals surface area (Å²) in [6, 6.07) is 18.6. The fourth-order valence-electron chi connectivity index (χ4n) is 5.17. The molecule has 0 heterocycles. The van der Waals surface area contributed by atoms with Crippen LogP contribution in [0.1, 0.15) is 133 Å². The molecular weight excluding hydrogens is 536 g/mol. The summed E-state index contributed by atoms with van der Waals surface area (Å²) in [7, 11) is 0. The molecule has 0 fully saturated rings. The van der Waals surface area contributed by atoms with E-state index in [0.717, 1.165) is 54.2 Å². The quantitative estimate of drug-likeness (QED) is 0.0704. The number of rotatable bonds is 21. The van der Waals surface area contributed by atoms with Crippen LogP contribution in [0.25, 0.3) is 10.8 Å². The highest BCUT2D eigenvalue weighted by molar-refractivity contribution is 5.92. The standard InChI is InChI=1S/C38H52O5/c1-4-6-8-10-11-12-13-14-15-17-26-41-35-23-20-31(21-24-35)38(40)43-36-25-22-33-28-32(18-19-34(33)29-36)30(3)37(39)42-27-16-9-7-5-2/h18-25,28-30H,4-17,26-27H2,1-3H3/t30-/m0/s1. The highest BCUT2D eigenvalue weighted by Crippen LogP contribution is 2.27. The molecule has 234 valence electrons. The number of carbonyl (C=O) groups is 2. The van der Waals surface area contributed by atoms with E-state index in [-0.39, 0.29) is 11.9 Å². The van der Waals surface area contributed by atoms with Crippen molar-refractivity contribution in [2.75, 3.05) is 13.2 Å². The second-order valence-electron chi connectivity index (χ2n) is 11.7. The molecule has 0 radical (unpaired) electrons. The molecule has 0 aromatic heterocycles. The summed E-state index contributed by atoms with van der Waals surface area (Å²) < 4.78 is 17.0. The molecule has 0 spiro atoms. The Labute approximate surface area is 259 Å². The van der Waals surface area contributed by atoms with Crippen LogP contribution in [0, 0.1) is 0 Å². The summed E-state index contributed by atoms with van der Waals surface area (Å²) in [5, 5.41) is 1.91. The van der Waals surface area contributed by atoms with Crippen LogP contribution in [0.4, 0.5) is 0 Å². The number of ether oxygens (including phenoxy) is 3. The number of fused-ring (bicyclic) bond motifs is 1. The molecule has 0 saturated carbocycles. The van der Waals surface area contributed by atoms with E-state index in [0.29, 0.717) is 24.5 Å². The number of hydrogen-bond acceptors (Lipinski definition) is 5. The van der Waals surface area contributed by atoms with Gasteiger partial charge in [0.15, 0.2) is 0 Å². The topological polar surface area (TPSA) is 61.8 Å². The number of hydrogen-bond donors (Lipinski definition) is 0. The molecule has 0 amide bonds. The van der Waals surface area contributed by atoms with Gasteiger partial charge in [0.25, 0.3) is 0 Å². The van der Waals surface area contributed by atoms with Crippen molar-refractivity contribution in [2.24, 2.45) is 0 Å². The van der Waals surface area contributed by atoms with Crippen LogP contribution in [-0.4, -0.2) is 25.2 Å². The van der Waals surface area contributed by atoms with Gasteiger partial charge in [-0.3, -0.25) is 4.79 Å². The Kier molecular flexibility index (Phi) is 15.7. The van der Waals surface area contributed by atoms with E-state index in [9.17, 15) is 9.59 Å². The molecule has 0 aliphatic heterocycles. The van der Waals surface area contributed by atoms with E-state index in [4.69, 9.17) is 14.2 Å². The van der Waals surface area contributed by atoms with Gasteiger partial charge in [0, 0.05) is 0 Å². The third-order valence-electron chi connectivity index (χ3n) is 8.00. The molecule has 3 rings (SSSR count). The monoisotopic (exact) mass is 588 g/mol. The van der Waals surface area contributed by atoms with E-state index in [1.165, 1.54) is 57.8 Å². The van der Waals surface area contributed by atoms with Gasteiger partial charge < -0.3 is 14.2 Å². The van der Waals surface area contributed by atoms with E-state index >= 15 is 0 Å². The smallest absolute Gasteiger partial charge is 0.343 e. The SMILES string of the molecule is CCCCCCCCCCCCOc1ccc(C(=O)Oc2ccc3cc([C@H](C)C(=O)OCCCCCC)ccc3c2)cc1. The first-order valence-corrected chi connectivity index (χ1v) is 16.7. The number of carbonyl (C=O) groups excluding carboxylic acids is 2. The second kappa shape index (κ2) is 19.8. The van der Waals surface area contributed by atoms with Crippen molar-refractivity contribution < 1.29 is 23.8 Å². The van der Waals surface area contributed by atoms with Crippen molar-refractivity contribution in [3.05, 3.63) is 71.8 Å². The van der Waals surface area contributed by atoms with Crippen molar-refractivity contribution in [1.82, 2.24) is 0 Å². The summed E-state index contributed by atoms with van der Waals surface area (Å²) in [5.74, 6) is 0.300. The summed E-state index contributed by atoms with van der Waals surface area (Å²) in [6.45, 7) is 7.46. The second-order valence-corrected chi connectivity index (χ2v) is 11.7. The maximum atomic E-state index is 12.8. The first-order chi connectivity index (χ1) is 21.0. The van der Waals surface area contributed by atoms with Gasteiger partial charge in [-0.1, -0.05) is 115 Å². The lowest BCUT2D eigenvalue weighted by Gasteiger charge is -2.13. The number of benzene rings is 3. The van der Waals surface area contributed by atoms with Gasteiger partial charge >= 0.3 is 11.9 Å². The van der Waals surface area contributed by atoms with Crippen LogP contribution in [0.5, 0.6) is 11.5 Å². The number of esters is 2. The summed E-state index contributed by atoms with van der Waals surface area (Å²) in [4.78, 5) is 25.3. The first-order valence-electron chi connectivity index (χ1n) is 16.7. The minimum atomic E-state index is -0.410. The fraction of sp³-hybridized carbons (Fsp3) is 0.526. The first kappa shape index (κ1) is 34.2. The van der Waals surface area contributed by atoms with Crippen molar-refractivity contribution in [2.45, 2.75) is 117 Å². The van der Waals surface area contributed by atoms with Crippen LogP contribution in [0.3, 0.4) is 0 Å². The molecule has 3 aromatic carbocycles. The Morgan fingerprint density at radius 1 is 0.605 bits per heavy atom. The van der Waals surface area contributed by atoms with Crippen molar-refractivity contribution >= 4 is 22.7 Å². The van der Waals surface area contributed by atoms with Crippen molar-refractivity contribution in [3.63, 3.8) is 0 Å². The Morgan fingerprint density at radius 2 is 1.14 bits per heavy atom. The molecule has 0 aliphatic rings. The van der Waals surface area contributed by atoms with E-state index < -0.39 is 5.97 Å². The molecule has 5 heteroatoms. The highest BCUT2D eigenvalue weighted by atomic mass is 16.5. The van der Waals surface area contributed by atoms with Crippen LogP contribution in [0.2, 0.25) is 0 Å². The molecule has 0 aliphatic carbocycles. The van der Waals surface area contributed by atoms with Gasteiger partial charge in [0.1, 0.15) is 11.5 Å². The average Bonchev–Trinajstić information content (AvgIpc) is 3.03. The van der Waals surface area contributed by atoms with Gasteiger partial charge in [-0.2, -0.15) is 0 Å². The zero-order valence-electron chi connectivity index (χ0n) is 26.7. The summed E-state index contributed by atoms with van der Waals surface area (Å²) >= 11 is 0. The van der Waals surface area contributed by atoms with Crippen LogP contribution >= 0.6 is 0 Å².